The third-order valence-corrected chi connectivity index (χ3v) is 2.47. The minimum absolute atomic E-state index is 0.570. The Morgan fingerprint density at radius 1 is 1.06 bits per heavy atom. The smallest absolute Gasteiger partial charge is 0.0257 e. The Labute approximate surface area is 102 Å². The molecule has 0 saturated heterocycles. The van der Waals surface area contributed by atoms with Crippen molar-refractivity contribution in [2.75, 3.05) is 0 Å². The van der Waals surface area contributed by atoms with Crippen molar-refractivity contribution in [1.29, 1.82) is 0 Å². The van der Waals surface area contributed by atoms with Crippen molar-refractivity contribution in [2.24, 2.45) is 5.73 Å². The van der Waals surface area contributed by atoms with E-state index in [1.54, 1.807) is 0 Å². The molecule has 0 atom stereocenters. The van der Waals surface area contributed by atoms with Gasteiger partial charge in [0, 0.05) is 17.7 Å². The molecule has 2 N–H and O–H groups in total. The summed E-state index contributed by atoms with van der Waals surface area (Å²) < 4.78 is 0. The average Bonchev–Trinajstić information content (AvgIpc) is 2.37. The lowest BCUT2D eigenvalue weighted by Crippen LogP contribution is -1.95. The summed E-state index contributed by atoms with van der Waals surface area (Å²) in [5, 5.41) is 0. The summed E-state index contributed by atoms with van der Waals surface area (Å²) in [6, 6.07) is 17.0. The quantitative estimate of drug-likeness (QED) is 0.735. The maximum Gasteiger partial charge on any atom is 0.0257 e. The molecule has 1 radical (unpaired) electrons. The summed E-state index contributed by atoms with van der Waals surface area (Å²) in [4.78, 5) is 0. The molecule has 0 aliphatic heterocycles. The summed E-state index contributed by atoms with van der Waals surface area (Å²) in [5.74, 6) is 6.26. The second kappa shape index (κ2) is 5.34. The Balaban J connectivity index is 2.20. The van der Waals surface area contributed by atoms with E-state index in [1.807, 2.05) is 43.3 Å². The summed E-state index contributed by atoms with van der Waals surface area (Å²) >= 11 is 0. The van der Waals surface area contributed by atoms with Crippen LogP contribution in [0.5, 0.6) is 0 Å². The van der Waals surface area contributed by atoms with E-state index in [0.717, 1.165) is 16.7 Å². The predicted octanol–water partition coefficient (Wildman–Crippen LogP) is 2.65. The lowest BCUT2D eigenvalue weighted by atomic mass is 10.1. The van der Waals surface area contributed by atoms with Gasteiger partial charge in [-0.1, -0.05) is 30.0 Å². The Kier molecular flexibility index (Phi) is 3.59. The zero-order valence-electron chi connectivity index (χ0n) is 9.83. The van der Waals surface area contributed by atoms with Crippen molar-refractivity contribution in [3.05, 3.63) is 70.8 Å². The predicted molar refractivity (Wildman–Crippen MR) is 70.3 cm³/mol. The third-order valence-electron chi connectivity index (χ3n) is 2.47. The minimum atomic E-state index is 0.570. The molecule has 1 heteroatoms. The van der Waals surface area contributed by atoms with Crippen LogP contribution in [0.3, 0.4) is 0 Å². The van der Waals surface area contributed by atoms with E-state index in [-0.39, 0.29) is 0 Å². The molecule has 0 aliphatic carbocycles. The molecule has 0 bridgehead atoms. The molecular formula is C16H14N. The second-order valence-electron chi connectivity index (χ2n) is 3.95. The molecule has 0 spiro atoms. The minimum Gasteiger partial charge on any atom is -0.326 e. The summed E-state index contributed by atoms with van der Waals surface area (Å²) in [5.41, 5.74) is 9.84. The first-order valence-electron chi connectivity index (χ1n) is 5.57. The molecule has 0 unspecified atom stereocenters. The summed E-state index contributed by atoms with van der Waals surface area (Å²) in [6.07, 6.45) is 0. The zero-order valence-corrected chi connectivity index (χ0v) is 9.83. The van der Waals surface area contributed by atoms with Gasteiger partial charge in [-0.25, -0.2) is 0 Å². The molecule has 2 aromatic rings. The molecule has 1 nitrogen and oxygen atoms in total. The van der Waals surface area contributed by atoms with Gasteiger partial charge in [-0.3, -0.25) is 0 Å². The SMILES string of the molecule is Cc1c[c]cc(C#Cc2ccc(CN)cc2)c1. The van der Waals surface area contributed by atoms with E-state index < -0.39 is 0 Å². The lowest BCUT2D eigenvalue weighted by Gasteiger charge is -1.95. The van der Waals surface area contributed by atoms with E-state index in [0.29, 0.717) is 6.54 Å². The van der Waals surface area contributed by atoms with E-state index in [1.165, 1.54) is 5.56 Å². The number of hydrogen-bond donors (Lipinski definition) is 1. The molecule has 0 amide bonds. The molecule has 2 aromatic carbocycles. The second-order valence-corrected chi connectivity index (χ2v) is 3.95. The van der Waals surface area contributed by atoms with E-state index in [4.69, 9.17) is 5.73 Å². The van der Waals surface area contributed by atoms with Gasteiger partial charge in [0.25, 0.3) is 0 Å². The molecule has 0 saturated carbocycles. The van der Waals surface area contributed by atoms with Gasteiger partial charge < -0.3 is 5.73 Å². The average molecular weight is 220 g/mol. The zero-order chi connectivity index (χ0) is 12.1. The Morgan fingerprint density at radius 3 is 2.41 bits per heavy atom. The molecule has 2 rings (SSSR count). The first-order chi connectivity index (χ1) is 8.28. The van der Waals surface area contributed by atoms with E-state index in [2.05, 4.69) is 24.0 Å². The van der Waals surface area contributed by atoms with Gasteiger partial charge in [0.2, 0.25) is 0 Å². The third kappa shape index (κ3) is 3.21. The van der Waals surface area contributed by atoms with Crippen molar-refractivity contribution in [3.63, 3.8) is 0 Å². The molecule has 0 aromatic heterocycles. The normalized spacial score (nSPS) is 9.53. The van der Waals surface area contributed by atoms with Crippen LogP contribution in [0.4, 0.5) is 0 Å². The summed E-state index contributed by atoms with van der Waals surface area (Å²) in [6.45, 7) is 2.61. The maximum atomic E-state index is 5.54. The van der Waals surface area contributed by atoms with Gasteiger partial charge in [-0.05, 0) is 48.4 Å². The molecule has 83 valence electrons. The first kappa shape index (κ1) is 11.4. The number of aryl methyl sites for hydroxylation is 1. The fraction of sp³-hybridized carbons (Fsp3) is 0.125. The van der Waals surface area contributed by atoms with Crippen molar-refractivity contribution in [3.8, 4) is 11.8 Å². The van der Waals surface area contributed by atoms with Crippen molar-refractivity contribution in [1.82, 2.24) is 0 Å². The van der Waals surface area contributed by atoms with Gasteiger partial charge in [-0.15, -0.1) is 0 Å². The highest BCUT2D eigenvalue weighted by Crippen LogP contribution is 2.04. The van der Waals surface area contributed by atoms with Gasteiger partial charge in [0.05, 0.1) is 0 Å². The molecule has 0 fully saturated rings. The van der Waals surface area contributed by atoms with Crippen LogP contribution < -0.4 is 5.73 Å². The van der Waals surface area contributed by atoms with E-state index >= 15 is 0 Å². The van der Waals surface area contributed by atoms with Crippen LogP contribution in [-0.2, 0) is 6.54 Å². The fourth-order valence-electron chi connectivity index (χ4n) is 1.53. The van der Waals surface area contributed by atoms with Crippen LogP contribution in [0.2, 0.25) is 0 Å². The lowest BCUT2D eigenvalue weighted by molar-refractivity contribution is 1.07. The maximum absolute atomic E-state index is 5.54. The topological polar surface area (TPSA) is 26.0 Å². The van der Waals surface area contributed by atoms with Gasteiger partial charge >= 0.3 is 0 Å². The van der Waals surface area contributed by atoms with Crippen LogP contribution in [0.25, 0.3) is 0 Å². The highest BCUT2D eigenvalue weighted by molar-refractivity contribution is 5.44. The number of benzene rings is 2. The van der Waals surface area contributed by atoms with Crippen LogP contribution in [0.15, 0.2) is 42.5 Å². The molecule has 0 heterocycles. The van der Waals surface area contributed by atoms with Crippen LogP contribution in [-0.4, -0.2) is 0 Å². The Hall–Kier alpha value is -2.04. The van der Waals surface area contributed by atoms with Gasteiger partial charge in [0.15, 0.2) is 0 Å². The molecule has 0 aliphatic rings. The highest BCUT2D eigenvalue weighted by atomic mass is 14.5. The monoisotopic (exact) mass is 220 g/mol. The largest absolute Gasteiger partial charge is 0.326 e. The number of nitrogens with two attached hydrogens (primary N) is 1. The van der Waals surface area contributed by atoms with Crippen molar-refractivity contribution < 1.29 is 0 Å². The summed E-state index contributed by atoms with van der Waals surface area (Å²) in [7, 11) is 0. The van der Waals surface area contributed by atoms with E-state index in [9.17, 15) is 0 Å². The number of rotatable bonds is 1. The Bertz CT molecular complexity index is 556. The number of hydrogen-bond acceptors (Lipinski definition) is 1. The molecular weight excluding hydrogens is 206 g/mol. The highest BCUT2D eigenvalue weighted by Gasteiger charge is 1.90. The molecule has 17 heavy (non-hydrogen) atoms. The standard InChI is InChI=1S/C16H14N/c1-13-3-2-4-15(11-13)8-5-14-6-9-16(12-17)10-7-14/h3-4,6-7,9-11H,12,17H2,1H3. The fourth-order valence-corrected chi connectivity index (χ4v) is 1.53. The van der Waals surface area contributed by atoms with Crippen LogP contribution in [0.1, 0.15) is 22.3 Å². The van der Waals surface area contributed by atoms with Crippen LogP contribution in [0, 0.1) is 24.8 Å². The van der Waals surface area contributed by atoms with Crippen LogP contribution >= 0.6 is 0 Å². The van der Waals surface area contributed by atoms with Gasteiger partial charge in [0.1, 0.15) is 0 Å². The van der Waals surface area contributed by atoms with Crippen molar-refractivity contribution >= 4 is 0 Å². The first-order valence-corrected chi connectivity index (χ1v) is 5.57. The van der Waals surface area contributed by atoms with Gasteiger partial charge in [-0.2, -0.15) is 0 Å². The Morgan fingerprint density at radius 2 is 1.76 bits per heavy atom. The van der Waals surface area contributed by atoms with Crippen molar-refractivity contribution in [2.45, 2.75) is 13.5 Å².